The van der Waals surface area contributed by atoms with Gasteiger partial charge in [-0.25, -0.2) is 15.0 Å². The highest BCUT2D eigenvalue weighted by Gasteiger charge is 2.31. The van der Waals surface area contributed by atoms with E-state index >= 15 is 0 Å². The van der Waals surface area contributed by atoms with E-state index in [9.17, 15) is 9.59 Å². The van der Waals surface area contributed by atoms with Gasteiger partial charge in [0.15, 0.2) is 5.65 Å². The zero-order valence-electron chi connectivity index (χ0n) is 17.2. The molecule has 1 aliphatic heterocycles. The molecule has 10 nitrogen and oxygen atoms in total. The van der Waals surface area contributed by atoms with Gasteiger partial charge in [0.05, 0.1) is 17.3 Å². The van der Waals surface area contributed by atoms with Crippen LogP contribution in [0, 0.1) is 6.92 Å². The van der Waals surface area contributed by atoms with Crippen molar-refractivity contribution in [1.82, 2.24) is 34.6 Å². The summed E-state index contributed by atoms with van der Waals surface area (Å²) in [7, 11) is 0. The third-order valence-electron chi connectivity index (χ3n) is 5.49. The molecular formula is C21H22N8O2. The van der Waals surface area contributed by atoms with Crippen molar-refractivity contribution in [2.75, 3.05) is 13.1 Å². The standard InChI is InChI=1S/C21H22N8O2/c1-11-3-4-16-18(25-10-29(16)7-11)15-6-24-19-17(27-15)14(5-23-19)20(30)26-12(2)21(31)28-8-13(22)9-28/h3-7,10,12-13H,8-9,22H2,1-2H3,(H,23,24)(H,26,30)/t12-/m1/s1. The second kappa shape index (κ2) is 7.17. The number of likely N-dealkylation sites (tertiary alicyclic amines) is 1. The lowest BCUT2D eigenvalue weighted by molar-refractivity contribution is -0.137. The molecule has 1 saturated heterocycles. The van der Waals surface area contributed by atoms with Crippen LogP contribution in [0.25, 0.3) is 28.1 Å². The Balaban J connectivity index is 1.43. The highest BCUT2D eigenvalue weighted by molar-refractivity contribution is 6.06. The first-order valence-electron chi connectivity index (χ1n) is 10.0. The number of carbonyl (C=O) groups excluding carboxylic acids is 2. The maximum atomic E-state index is 12.9. The Morgan fingerprint density at radius 3 is 2.87 bits per heavy atom. The van der Waals surface area contributed by atoms with Crippen molar-refractivity contribution in [3.05, 3.63) is 48.2 Å². The zero-order chi connectivity index (χ0) is 21.7. The van der Waals surface area contributed by atoms with Crippen molar-refractivity contribution >= 4 is 28.5 Å². The van der Waals surface area contributed by atoms with E-state index in [1.807, 2.05) is 29.7 Å². The van der Waals surface area contributed by atoms with E-state index in [0.29, 0.717) is 41.2 Å². The predicted octanol–water partition coefficient (Wildman–Crippen LogP) is 0.869. The lowest BCUT2D eigenvalue weighted by atomic mass is 10.1. The molecule has 4 aromatic heterocycles. The number of carbonyl (C=O) groups is 2. The molecule has 4 aromatic rings. The molecule has 0 aliphatic carbocycles. The van der Waals surface area contributed by atoms with Crippen LogP contribution in [-0.4, -0.2) is 66.2 Å². The smallest absolute Gasteiger partial charge is 0.255 e. The minimum atomic E-state index is -0.665. The first-order valence-corrected chi connectivity index (χ1v) is 10.0. The number of nitrogens with two attached hydrogens (primary N) is 1. The van der Waals surface area contributed by atoms with Gasteiger partial charge < -0.3 is 25.3 Å². The van der Waals surface area contributed by atoms with Crippen molar-refractivity contribution in [3.8, 4) is 11.4 Å². The quantitative estimate of drug-likeness (QED) is 0.450. The molecule has 0 aromatic carbocycles. The molecule has 5 rings (SSSR count). The average molecular weight is 418 g/mol. The number of aromatic amines is 1. The van der Waals surface area contributed by atoms with Gasteiger partial charge in [-0.2, -0.15) is 0 Å². The Kier molecular flexibility index (Phi) is 4.44. The van der Waals surface area contributed by atoms with Gasteiger partial charge in [-0.1, -0.05) is 6.07 Å². The van der Waals surface area contributed by atoms with Gasteiger partial charge in [0.2, 0.25) is 5.91 Å². The topological polar surface area (TPSA) is 134 Å². The minimum absolute atomic E-state index is 0.0112. The summed E-state index contributed by atoms with van der Waals surface area (Å²) in [6, 6.07) is 3.33. The van der Waals surface area contributed by atoms with E-state index in [-0.39, 0.29) is 11.9 Å². The van der Waals surface area contributed by atoms with Gasteiger partial charge >= 0.3 is 0 Å². The first kappa shape index (κ1) is 19.2. The molecule has 0 radical (unpaired) electrons. The molecule has 0 bridgehead atoms. The van der Waals surface area contributed by atoms with Gasteiger partial charge in [0.25, 0.3) is 5.91 Å². The maximum Gasteiger partial charge on any atom is 0.255 e. The molecule has 1 aliphatic rings. The van der Waals surface area contributed by atoms with Gasteiger partial charge in [0.1, 0.15) is 29.3 Å². The van der Waals surface area contributed by atoms with E-state index < -0.39 is 11.9 Å². The molecule has 0 spiro atoms. The second-order valence-electron chi connectivity index (χ2n) is 7.95. The summed E-state index contributed by atoms with van der Waals surface area (Å²) < 4.78 is 1.93. The predicted molar refractivity (Wildman–Crippen MR) is 114 cm³/mol. The van der Waals surface area contributed by atoms with Crippen LogP contribution < -0.4 is 11.1 Å². The van der Waals surface area contributed by atoms with Gasteiger partial charge in [-0.3, -0.25) is 9.59 Å². The Bertz CT molecular complexity index is 1320. The maximum absolute atomic E-state index is 12.9. The number of H-pyrrole nitrogens is 1. The number of hydrogen-bond donors (Lipinski definition) is 3. The van der Waals surface area contributed by atoms with Crippen molar-refractivity contribution in [2.24, 2.45) is 5.73 Å². The average Bonchev–Trinajstić information content (AvgIpc) is 3.33. The number of aromatic nitrogens is 5. The molecule has 2 amide bonds. The summed E-state index contributed by atoms with van der Waals surface area (Å²) >= 11 is 0. The van der Waals surface area contributed by atoms with Crippen molar-refractivity contribution < 1.29 is 9.59 Å². The summed E-state index contributed by atoms with van der Waals surface area (Å²) in [5.74, 6) is -0.546. The van der Waals surface area contributed by atoms with Gasteiger partial charge in [-0.15, -0.1) is 0 Å². The SMILES string of the molecule is Cc1ccc2c(-c3cnc4[nH]cc(C(=O)N[C@H](C)C(=O)N5CC(N)C5)c4n3)ncn2c1. The Hall–Kier alpha value is -3.79. The first-order chi connectivity index (χ1) is 14.9. The van der Waals surface area contributed by atoms with E-state index in [4.69, 9.17) is 5.73 Å². The van der Waals surface area contributed by atoms with Crippen molar-refractivity contribution in [1.29, 1.82) is 0 Å². The number of amides is 2. The molecule has 1 atom stereocenters. The largest absolute Gasteiger partial charge is 0.344 e. The summed E-state index contributed by atoms with van der Waals surface area (Å²) in [5.41, 5.74) is 10.2. The van der Waals surface area contributed by atoms with Crippen LogP contribution in [0.15, 0.2) is 37.1 Å². The Morgan fingerprint density at radius 1 is 1.29 bits per heavy atom. The third kappa shape index (κ3) is 3.30. The summed E-state index contributed by atoms with van der Waals surface area (Å²) in [5, 5.41) is 2.75. The van der Waals surface area contributed by atoms with E-state index in [1.54, 1.807) is 30.5 Å². The lowest BCUT2D eigenvalue weighted by Crippen LogP contribution is -2.61. The van der Waals surface area contributed by atoms with Crippen LogP contribution in [0.2, 0.25) is 0 Å². The van der Waals surface area contributed by atoms with E-state index in [1.165, 1.54) is 0 Å². The third-order valence-corrected chi connectivity index (χ3v) is 5.49. The molecule has 1 fully saturated rings. The molecule has 31 heavy (non-hydrogen) atoms. The van der Waals surface area contributed by atoms with Crippen LogP contribution in [-0.2, 0) is 4.79 Å². The zero-order valence-corrected chi connectivity index (χ0v) is 17.2. The van der Waals surface area contributed by atoms with Gasteiger partial charge in [0, 0.05) is 31.5 Å². The highest BCUT2D eigenvalue weighted by atomic mass is 16.2. The van der Waals surface area contributed by atoms with Crippen molar-refractivity contribution in [2.45, 2.75) is 25.9 Å². The minimum Gasteiger partial charge on any atom is -0.344 e. The van der Waals surface area contributed by atoms with Crippen molar-refractivity contribution in [3.63, 3.8) is 0 Å². The van der Waals surface area contributed by atoms with Crippen LogP contribution >= 0.6 is 0 Å². The monoisotopic (exact) mass is 418 g/mol. The number of pyridine rings is 1. The number of fused-ring (bicyclic) bond motifs is 2. The van der Waals surface area contributed by atoms with Crippen LogP contribution in [0.4, 0.5) is 0 Å². The molecule has 10 heteroatoms. The summed E-state index contributed by atoms with van der Waals surface area (Å²) in [6.45, 7) is 4.70. The fourth-order valence-electron chi connectivity index (χ4n) is 3.79. The fraction of sp³-hybridized carbons (Fsp3) is 0.286. The molecule has 0 saturated carbocycles. The summed E-state index contributed by atoms with van der Waals surface area (Å²) in [6.07, 6.45) is 6.89. The normalized spacial score (nSPS) is 15.3. The molecule has 4 N–H and O–H groups in total. The second-order valence-corrected chi connectivity index (χ2v) is 7.95. The number of rotatable bonds is 4. The van der Waals surface area contributed by atoms with Crippen LogP contribution in [0.3, 0.4) is 0 Å². The van der Waals surface area contributed by atoms with Crippen LogP contribution in [0.1, 0.15) is 22.8 Å². The molecule has 5 heterocycles. The Morgan fingerprint density at radius 2 is 2.10 bits per heavy atom. The van der Waals surface area contributed by atoms with Crippen LogP contribution in [0.5, 0.6) is 0 Å². The molecule has 0 unspecified atom stereocenters. The fourth-order valence-corrected chi connectivity index (χ4v) is 3.79. The molecular weight excluding hydrogens is 396 g/mol. The van der Waals surface area contributed by atoms with E-state index in [0.717, 1.165) is 11.1 Å². The number of hydrogen-bond acceptors (Lipinski definition) is 6. The number of aryl methyl sites for hydroxylation is 1. The lowest BCUT2D eigenvalue weighted by Gasteiger charge is -2.38. The van der Waals surface area contributed by atoms with E-state index in [2.05, 4.69) is 25.3 Å². The summed E-state index contributed by atoms with van der Waals surface area (Å²) in [4.78, 5) is 43.4. The van der Waals surface area contributed by atoms with Gasteiger partial charge in [-0.05, 0) is 25.5 Å². The number of imidazole rings is 1. The molecule has 158 valence electrons. The number of nitrogens with one attached hydrogen (secondary N) is 2. The Labute approximate surface area is 177 Å². The highest BCUT2D eigenvalue weighted by Crippen LogP contribution is 2.24. The number of nitrogens with zero attached hydrogens (tertiary/aromatic N) is 5.